The maximum absolute atomic E-state index is 9.00. The molecule has 0 saturated carbocycles. The van der Waals surface area contributed by atoms with Crippen LogP contribution in [0.2, 0.25) is 0 Å². The molecule has 4 heterocycles. The average molecular weight is 385 g/mol. The van der Waals surface area contributed by atoms with Crippen LogP contribution in [0.5, 0.6) is 0 Å². The SMILES string of the molecule is N#Cc1ccc(-c2cccn3nc(Nc4cnn(C[C@H]5CCCO5)c4)nc23)cc1. The van der Waals surface area contributed by atoms with E-state index < -0.39 is 0 Å². The van der Waals surface area contributed by atoms with Gasteiger partial charge >= 0.3 is 0 Å². The van der Waals surface area contributed by atoms with Crippen LogP contribution in [0.15, 0.2) is 55.0 Å². The quantitative estimate of drug-likeness (QED) is 0.566. The Morgan fingerprint density at radius 2 is 2.14 bits per heavy atom. The number of benzene rings is 1. The number of hydrogen-bond acceptors (Lipinski definition) is 6. The summed E-state index contributed by atoms with van der Waals surface area (Å²) < 4.78 is 9.29. The summed E-state index contributed by atoms with van der Waals surface area (Å²) >= 11 is 0. The fraction of sp³-hybridized carbons (Fsp3) is 0.238. The topological polar surface area (TPSA) is 93.1 Å². The van der Waals surface area contributed by atoms with E-state index in [1.54, 1.807) is 22.8 Å². The van der Waals surface area contributed by atoms with Gasteiger partial charge in [-0.2, -0.15) is 15.3 Å². The van der Waals surface area contributed by atoms with Crippen molar-refractivity contribution in [1.82, 2.24) is 24.4 Å². The molecule has 0 radical (unpaired) electrons. The summed E-state index contributed by atoms with van der Waals surface area (Å²) in [6.07, 6.45) is 8.00. The number of nitrogens with one attached hydrogen (secondary N) is 1. The monoisotopic (exact) mass is 385 g/mol. The minimum atomic E-state index is 0.242. The highest BCUT2D eigenvalue weighted by Crippen LogP contribution is 2.25. The Labute approximate surface area is 167 Å². The number of nitriles is 1. The summed E-state index contributed by atoms with van der Waals surface area (Å²) in [4.78, 5) is 4.65. The van der Waals surface area contributed by atoms with Gasteiger partial charge in [0.15, 0.2) is 5.65 Å². The summed E-state index contributed by atoms with van der Waals surface area (Å²) in [5.74, 6) is 0.503. The second-order valence-corrected chi connectivity index (χ2v) is 7.03. The molecular weight excluding hydrogens is 366 g/mol. The number of hydrogen-bond donors (Lipinski definition) is 1. The Hall–Kier alpha value is -3.70. The lowest BCUT2D eigenvalue weighted by molar-refractivity contribution is 0.0940. The first-order chi connectivity index (χ1) is 14.3. The molecule has 5 rings (SSSR count). The van der Waals surface area contributed by atoms with Crippen LogP contribution < -0.4 is 5.32 Å². The van der Waals surface area contributed by atoms with Crippen molar-refractivity contribution in [3.05, 3.63) is 60.6 Å². The van der Waals surface area contributed by atoms with Crippen LogP contribution in [-0.4, -0.2) is 37.1 Å². The van der Waals surface area contributed by atoms with Crippen LogP contribution in [-0.2, 0) is 11.3 Å². The third kappa shape index (κ3) is 3.56. The number of anilines is 2. The van der Waals surface area contributed by atoms with Gasteiger partial charge in [-0.1, -0.05) is 12.1 Å². The minimum Gasteiger partial charge on any atom is -0.376 e. The zero-order valence-electron chi connectivity index (χ0n) is 15.7. The van der Waals surface area contributed by atoms with Crippen LogP contribution in [0.4, 0.5) is 11.6 Å². The number of ether oxygens (including phenoxy) is 1. The maximum atomic E-state index is 9.00. The summed E-state index contributed by atoms with van der Waals surface area (Å²) in [6.45, 7) is 1.59. The number of nitrogens with zero attached hydrogens (tertiary/aromatic N) is 6. The van der Waals surface area contributed by atoms with Gasteiger partial charge in [0.25, 0.3) is 0 Å². The van der Waals surface area contributed by atoms with Crippen LogP contribution in [0.3, 0.4) is 0 Å². The third-order valence-corrected chi connectivity index (χ3v) is 4.99. The standard InChI is InChI=1S/C21H19N7O/c22-11-15-5-7-16(8-6-15)19-4-1-9-28-20(19)25-21(26-28)24-17-12-23-27(13-17)14-18-3-2-10-29-18/h1,4-9,12-13,18H,2-3,10,14H2,(H,24,26)/t18-/m1/s1. The van der Waals surface area contributed by atoms with Crippen molar-refractivity contribution in [3.63, 3.8) is 0 Å². The Morgan fingerprint density at radius 1 is 1.24 bits per heavy atom. The van der Waals surface area contributed by atoms with Crippen LogP contribution in [0.1, 0.15) is 18.4 Å². The Kier molecular flexibility index (Phi) is 4.42. The molecule has 1 N–H and O–H groups in total. The molecule has 1 aromatic carbocycles. The van der Waals surface area contributed by atoms with Gasteiger partial charge in [0, 0.05) is 24.6 Å². The zero-order valence-corrected chi connectivity index (χ0v) is 15.7. The Morgan fingerprint density at radius 3 is 2.93 bits per heavy atom. The predicted octanol–water partition coefficient (Wildman–Crippen LogP) is 3.39. The molecule has 0 aliphatic carbocycles. The van der Waals surface area contributed by atoms with E-state index in [0.29, 0.717) is 11.5 Å². The molecule has 3 aromatic heterocycles. The number of pyridine rings is 1. The summed E-state index contributed by atoms with van der Waals surface area (Å²) in [6, 6.07) is 13.5. The Bertz CT molecular complexity index is 1180. The molecule has 0 unspecified atom stereocenters. The van der Waals surface area contributed by atoms with E-state index in [4.69, 9.17) is 10.00 Å². The number of aromatic nitrogens is 5. The van der Waals surface area contributed by atoms with Crippen molar-refractivity contribution in [2.75, 3.05) is 11.9 Å². The molecule has 8 nitrogen and oxygen atoms in total. The lowest BCUT2D eigenvalue weighted by Crippen LogP contribution is -2.15. The van der Waals surface area contributed by atoms with E-state index in [0.717, 1.165) is 48.5 Å². The smallest absolute Gasteiger partial charge is 0.247 e. The molecule has 0 amide bonds. The van der Waals surface area contributed by atoms with E-state index in [-0.39, 0.29) is 6.10 Å². The van der Waals surface area contributed by atoms with Gasteiger partial charge in [0.2, 0.25) is 5.95 Å². The highest BCUT2D eigenvalue weighted by atomic mass is 16.5. The van der Waals surface area contributed by atoms with Crippen LogP contribution in [0.25, 0.3) is 16.8 Å². The van der Waals surface area contributed by atoms with Gasteiger partial charge in [0.05, 0.1) is 36.2 Å². The van der Waals surface area contributed by atoms with Gasteiger partial charge in [-0.15, -0.1) is 5.10 Å². The summed E-state index contributed by atoms with van der Waals surface area (Å²) in [7, 11) is 0. The maximum Gasteiger partial charge on any atom is 0.247 e. The van der Waals surface area contributed by atoms with Crippen molar-refractivity contribution in [2.24, 2.45) is 0 Å². The fourth-order valence-corrected chi connectivity index (χ4v) is 3.56. The number of fused-ring (bicyclic) bond motifs is 1. The molecule has 1 atom stereocenters. The minimum absolute atomic E-state index is 0.242. The molecular formula is C21H19N7O. The van der Waals surface area contributed by atoms with Crippen LogP contribution >= 0.6 is 0 Å². The molecule has 29 heavy (non-hydrogen) atoms. The van der Waals surface area contributed by atoms with E-state index in [9.17, 15) is 0 Å². The van der Waals surface area contributed by atoms with E-state index in [1.165, 1.54) is 0 Å². The highest BCUT2D eigenvalue weighted by Gasteiger charge is 2.17. The van der Waals surface area contributed by atoms with Gasteiger partial charge in [0.1, 0.15) is 0 Å². The lowest BCUT2D eigenvalue weighted by Gasteiger charge is -2.08. The van der Waals surface area contributed by atoms with E-state index >= 15 is 0 Å². The first-order valence-electron chi connectivity index (χ1n) is 9.55. The molecule has 4 aromatic rings. The second-order valence-electron chi connectivity index (χ2n) is 7.03. The molecule has 1 fully saturated rings. The summed E-state index contributed by atoms with van der Waals surface area (Å²) in [5.41, 5.74) is 4.14. The lowest BCUT2D eigenvalue weighted by atomic mass is 10.1. The van der Waals surface area contributed by atoms with Crippen molar-refractivity contribution in [2.45, 2.75) is 25.5 Å². The van der Waals surface area contributed by atoms with Crippen LogP contribution in [0, 0.1) is 11.3 Å². The normalized spacial score (nSPS) is 16.2. The van der Waals surface area contributed by atoms with E-state index in [1.807, 2.05) is 41.3 Å². The van der Waals surface area contributed by atoms with Gasteiger partial charge in [-0.05, 0) is 42.7 Å². The second kappa shape index (κ2) is 7.37. The highest BCUT2D eigenvalue weighted by molar-refractivity contribution is 5.78. The molecule has 144 valence electrons. The molecule has 0 spiro atoms. The zero-order chi connectivity index (χ0) is 19.6. The van der Waals surface area contributed by atoms with Crippen molar-refractivity contribution in [3.8, 4) is 17.2 Å². The van der Waals surface area contributed by atoms with E-state index in [2.05, 4.69) is 26.6 Å². The van der Waals surface area contributed by atoms with Crippen molar-refractivity contribution >= 4 is 17.3 Å². The summed E-state index contributed by atoms with van der Waals surface area (Å²) in [5, 5.41) is 21.1. The largest absolute Gasteiger partial charge is 0.376 e. The first kappa shape index (κ1) is 17.4. The number of rotatable bonds is 5. The van der Waals surface area contributed by atoms with Crippen molar-refractivity contribution < 1.29 is 4.74 Å². The molecule has 1 aliphatic heterocycles. The third-order valence-electron chi connectivity index (χ3n) is 4.99. The predicted molar refractivity (Wildman–Crippen MR) is 108 cm³/mol. The first-order valence-corrected chi connectivity index (χ1v) is 9.55. The van der Waals surface area contributed by atoms with Gasteiger partial charge < -0.3 is 10.1 Å². The average Bonchev–Trinajstić information content (AvgIpc) is 3.49. The molecule has 8 heteroatoms. The van der Waals surface area contributed by atoms with Crippen molar-refractivity contribution in [1.29, 1.82) is 5.26 Å². The van der Waals surface area contributed by atoms with Gasteiger partial charge in [-0.3, -0.25) is 4.68 Å². The van der Waals surface area contributed by atoms with Gasteiger partial charge in [-0.25, -0.2) is 4.52 Å². The Balaban J connectivity index is 1.39. The molecule has 0 bridgehead atoms. The molecule has 1 saturated heterocycles. The molecule has 1 aliphatic rings. The fourth-order valence-electron chi connectivity index (χ4n) is 3.56.